The first-order chi connectivity index (χ1) is 14.4. The third kappa shape index (κ3) is 6.56. The maximum atomic E-state index is 12.9. The van der Waals surface area contributed by atoms with Crippen molar-refractivity contribution in [3.63, 3.8) is 0 Å². The number of nitro benzene ring substituents is 1. The van der Waals surface area contributed by atoms with E-state index in [9.17, 15) is 32.9 Å². The van der Waals surface area contributed by atoms with Crippen LogP contribution >= 0.6 is 0 Å². The first-order valence-corrected chi connectivity index (χ1v) is 9.99. The Hall–Kier alpha value is -2.85. The summed E-state index contributed by atoms with van der Waals surface area (Å²) in [6.45, 7) is 6.29. The number of nitrogens with zero attached hydrogens (tertiary/aromatic N) is 2. The second-order valence-electron chi connectivity index (χ2n) is 7.94. The number of piperidine rings is 1. The average Bonchev–Trinajstić information content (AvgIpc) is 2.70. The predicted octanol–water partition coefficient (Wildman–Crippen LogP) is 3.53. The van der Waals surface area contributed by atoms with Crippen LogP contribution in [0.15, 0.2) is 18.2 Å². The molecule has 1 fully saturated rings. The van der Waals surface area contributed by atoms with E-state index in [-0.39, 0.29) is 30.6 Å². The molecule has 0 spiro atoms. The molecule has 2 rings (SSSR count). The fourth-order valence-electron chi connectivity index (χ4n) is 3.24. The summed E-state index contributed by atoms with van der Waals surface area (Å²) in [5, 5.41) is 14.0. The van der Waals surface area contributed by atoms with Crippen molar-refractivity contribution in [3.8, 4) is 0 Å². The van der Waals surface area contributed by atoms with Crippen molar-refractivity contribution in [2.24, 2.45) is 11.8 Å². The van der Waals surface area contributed by atoms with Gasteiger partial charge in [0.15, 0.2) is 6.10 Å². The fraction of sp³-hybridized carbons (Fsp3) is 0.600. The van der Waals surface area contributed by atoms with Crippen molar-refractivity contribution in [3.05, 3.63) is 33.9 Å². The lowest BCUT2D eigenvalue weighted by molar-refractivity contribution is -0.384. The van der Waals surface area contributed by atoms with E-state index in [0.717, 1.165) is 12.1 Å². The second kappa shape index (κ2) is 9.97. The number of amides is 1. The van der Waals surface area contributed by atoms with Crippen LogP contribution < -0.4 is 10.2 Å². The molecular formula is C20H26F3N3O5. The quantitative estimate of drug-likeness (QED) is 0.391. The van der Waals surface area contributed by atoms with Gasteiger partial charge in [-0.05, 0) is 37.8 Å². The van der Waals surface area contributed by atoms with Gasteiger partial charge in [-0.3, -0.25) is 19.7 Å². The van der Waals surface area contributed by atoms with Crippen molar-refractivity contribution >= 4 is 23.3 Å². The molecule has 1 amide bonds. The van der Waals surface area contributed by atoms with Crippen LogP contribution in [-0.2, 0) is 20.5 Å². The van der Waals surface area contributed by atoms with Gasteiger partial charge < -0.3 is 15.0 Å². The summed E-state index contributed by atoms with van der Waals surface area (Å²) in [4.78, 5) is 36.4. The van der Waals surface area contributed by atoms with Crippen LogP contribution in [0.4, 0.5) is 24.5 Å². The molecule has 172 valence electrons. The van der Waals surface area contributed by atoms with Gasteiger partial charge in [-0.15, -0.1) is 0 Å². The number of benzene rings is 1. The molecule has 1 aliphatic heterocycles. The zero-order valence-electron chi connectivity index (χ0n) is 17.6. The minimum Gasteiger partial charge on any atom is -0.452 e. The molecule has 1 atom stereocenters. The van der Waals surface area contributed by atoms with Gasteiger partial charge in [0.25, 0.3) is 11.6 Å². The van der Waals surface area contributed by atoms with E-state index < -0.39 is 40.3 Å². The highest BCUT2D eigenvalue weighted by molar-refractivity contribution is 5.84. The highest BCUT2D eigenvalue weighted by atomic mass is 19.4. The van der Waals surface area contributed by atoms with E-state index >= 15 is 0 Å². The van der Waals surface area contributed by atoms with Gasteiger partial charge in [-0.1, -0.05) is 13.8 Å². The molecule has 1 aromatic rings. The van der Waals surface area contributed by atoms with Crippen molar-refractivity contribution in [1.29, 1.82) is 0 Å². The molecule has 1 aliphatic rings. The number of alkyl halides is 3. The molecule has 8 nitrogen and oxygen atoms in total. The lowest BCUT2D eigenvalue weighted by Crippen LogP contribution is -2.41. The Balaban J connectivity index is 1.99. The van der Waals surface area contributed by atoms with Gasteiger partial charge in [0, 0.05) is 25.7 Å². The fourth-order valence-corrected chi connectivity index (χ4v) is 3.24. The summed E-state index contributed by atoms with van der Waals surface area (Å²) in [5.41, 5.74) is -1.65. The summed E-state index contributed by atoms with van der Waals surface area (Å²) in [6.07, 6.45) is -5.02. The van der Waals surface area contributed by atoms with Gasteiger partial charge in [0.2, 0.25) is 0 Å². The number of hydrogen-bond acceptors (Lipinski definition) is 6. The van der Waals surface area contributed by atoms with Crippen LogP contribution in [-0.4, -0.2) is 42.5 Å². The Bertz CT molecular complexity index is 821. The number of rotatable bonds is 7. The smallest absolute Gasteiger partial charge is 0.416 e. The zero-order chi connectivity index (χ0) is 23.3. The van der Waals surface area contributed by atoms with Crippen LogP contribution in [0, 0.1) is 22.0 Å². The van der Waals surface area contributed by atoms with E-state index in [4.69, 9.17) is 4.74 Å². The normalized spacial score (nSPS) is 16.2. The van der Waals surface area contributed by atoms with Crippen LogP contribution in [0.2, 0.25) is 0 Å². The van der Waals surface area contributed by atoms with Crippen molar-refractivity contribution in [2.75, 3.05) is 24.5 Å². The van der Waals surface area contributed by atoms with Gasteiger partial charge in [0.05, 0.1) is 16.4 Å². The van der Waals surface area contributed by atoms with Crippen molar-refractivity contribution < 1.29 is 32.4 Å². The second-order valence-corrected chi connectivity index (χ2v) is 7.94. The third-order valence-corrected chi connectivity index (χ3v) is 5.02. The monoisotopic (exact) mass is 445 g/mol. The van der Waals surface area contributed by atoms with E-state index in [0.29, 0.717) is 25.5 Å². The summed E-state index contributed by atoms with van der Waals surface area (Å²) < 4.78 is 43.9. The Labute approximate surface area is 177 Å². The number of nitro groups is 1. The van der Waals surface area contributed by atoms with Gasteiger partial charge in [-0.25, -0.2) is 0 Å². The Morgan fingerprint density at radius 3 is 2.39 bits per heavy atom. The molecule has 1 aromatic carbocycles. The lowest BCUT2D eigenvalue weighted by Gasteiger charge is -2.32. The van der Waals surface area contributed by atoms with Crippen LogP contribution in [0.25, 0.3) is 0 Å². The summed E-state index contributed by atoms with van der Waals surface area (Å²) in [7, 11) is 0. The Morgan fingerprint density at radius 1 is 1.26 bits per heavy atom. The van der Waals surface area contributed by atoms with E-state index in [1.54, 1.807) is 4.90 Å². The van der Waals surface area contributed by atoms with Crippen LogP contribution in [0.3, 0.4) is 0 Å². The highest BCUT2D eigenvalue weighted by Gasteiger charge is 2.35. The largest absolute Gasteiger partial charge is 0.452 e. The molecule has 0 aliphatic carbocycles. The highest BCUT2D eigenvalue weighted by Crippen LogP contribution is 2.37. The maximum absolute atomic E-state index is 12.9. The minimum atomic E-state index is -4.68. The minimum absolute atomic E-state index is 0.0752. The first kappa shape index (κ1) is 24.4. The van der Waals surface area contributed by atoms with E-state index in [1.165, 1.54) is 6.92 Å². The zero-order valence-corrected chi connectivity index (χ0v) is 17.6. The van der Waals surface area contributed by atoms with Gasteiger partial charge >= 0.3 is 12.1 Å². The average molecular weight is 445 g/mol. The predicted molar refractivity (Wildman–Crippen MR) is 106 cm³/mol. The molecule has 11 heteroatoms. The molecule has 0 saturated carbocycles. The number of ether oxygens (including phenoxy) is 1. The number of carbonyl (C=O) groups is 2. The molecule has 0 aromatic heterocycles. The molecule has 1 unspecified atom stereocenters. The van der Waals surface area contributed by atoms with Crippen LogP contribution in [0.5, 0.6) is 0 Å². The van der Waals surface area contributed by atoms with Crippen LogP contribution in [0.1, 0.15) is 39.2 Å². The van der Waals surface area contributed by atoms with Gasteiger partial charge in [0.1, 0.15) is 5.69 Å². The van der Waals surface area contributed by atoms with Crippen molar-refractivity contribution in [2.45, 2.75) is 45.9 Å². The number of anilines is 1. The lowest BCUT2D eigenvalue weighted by atomic mass is 9.96. The van der Waals surface area contributed by atoms with Crippen molar-refractivity contribution in [1.82, 2.24) is 5.32 Å². The third-order valence-electron chi connectivity index (χ3n) is 5.02. The van der Waals surface area contributed by atoms with Gasteiger partial charge in [-0.2, -0.15) is 13.2 Å². The summed E-state index contributed by atoms with van der Waals surface area (Å²) in [5.74, 6) is -1.16. The summed E-state index contributed by atoms with van der Waals surface area (Å²) in [6, 6.07) is 2.41. The Kier molecular flexibility index (Phi) is 7.85. The Morgan fingerprint density at radius 2 is 1.87 bits per heavy atom. The summed E-state index contributed by atoms with van der Waals surface area (Å²) >= 11 is 0. The maximum Gasteiger partial charge on any atom is 0.416 e. The molecular weight excluding hydrogens is 419 g/mol. The number of halogens is 3. The molecule has 0 radical (unpaired) electrons. The molecule has 0 bridgehead atoms. The van der Waals surface area contributed by atoms with E-state index in [1.807, 2.05) is 13.8 Å². The SMILES string of the molecule is CC(C)CNC(=O)C(C)OC(=O)C1CCN(c2ccc(C(F)(F)F)cc2[N+](=O)[O-])CC1. The molecule has 31 heavy (non-hydrogen) atoms. The number of nitrogens with one attached hydrogen (secondary N) is 1. The molecule has 1 N–H and O–H groups in total. The molecule has 1 saturated heterocycles. The number of hydrogen-bond donors (Lipinski definition) is 1. The first-order valence-electron chi connectivity index (χ1n) is 9.99. The topological polar surface area (TPSA) is 102 Å². The standard InChI is InChI=1S/C20H26F3N3O5/c1-12(2)11-24-18(27)13(3)31-19(28)14-6-8-25(9-7-14)16-5-4-15(20(21,22)23)10-17(16)26(29)30/h4-5,10,12-14H,6-9,11H2,1-3H3,(H,24,27). The number of carbonyl (C=O) groups excluding carboxylic acids is 2. The number of esters is 1. The molecule has 1 heterocycles. The van der Waals surface area contributed by atoms with E-state index in [2.05, 4.69) is 5.32 Å².